The minimum Gasteiger partial charge on any atom is -0.0622 e. The highest BCUT2D eigenvalue weighted by atomic mass is 14.1. The monoisotopic (exact) mass is 716 g/mol. The Balaban J connectivity index is 1.01. The van der Waals surface area contributed by atoms with Gasteiger partial charge in [-0.3, -0.25) is 0 Å². The van der Waals surface area contributed by atoms with Gasteiger partial charge in [-0.2, -0.15) is 0 Å². The summed E-state index contributed by atoms with van der Waals surface area (Å²) in [4.78, 5) is 0. The molecule has 268 valence electrons. The SMILES string of the molecule is Cc1ccccc1/C(=C/c1ccc(/C=C\c2ccc(/C=C\c3ccc(/C=C(\c4ccccc4)c4ccccc4C)cc3)c3ccccc23)cc1)c1ccccc1. The first-order valence-corrected chi connectivity index (χ1v) is 19.3. The first-order valence-electron chi connectivity index (χ1n) is 19.3. The van der Waals surface area contributed by atoms with Crippen molar-refractivity contribution < 1.29 is 0 Å². The molecular formula is C56H44. The van der Waals surface area contributed by atoms with Crippen LogP contribution < -0.4 is 0 Å². The first kappa shape index (κ1) is 36.0. The number of fused-ring (bicyclic) bond motifs is 1. The zero-order valence-corrected chi connectivity index (χ0v) is 31.9. The van der Waals surface area contributed by atoms with E-state index in [9.17, 15) is 0 Å². The van der Waals surface area contributed by atoms with Crippen molar-refractivity contribution in [2.45, 2.75) is 13.8 Å². The largest absolute Gasteiger partial charge is 0.0622 e. The average Bonchev–Trinajstić information content (AvgIpc) is 3.25. The van der Waals surface area contributed by atoms with Gasteiger partial charge in [0.05, 0.1) is 0 Å². The van der Waals surface area contributed by atoms with Gasteiger partial charge >= 0.3 is 0 Å². The zero-order chi connectivity index (χ0) is 38.1. The van der Waals surface area contributed by atoms with Crippen LogP contribution >= 0.6 is 0 Å². The summed E-state index contributed by atoms with van der Waals surface area (Å²) >= 11 is 0. The molecule has 0 aromatic heterocycles. The molecule has 0 unspecified atom stereocenters. The van der Waals surface area contributed by atoms with E-state index in [0.717, 1.165) is 0 Å². The van der Waals surface area contributed by atoms with E-state index in [2.05, 4.69) is 244 Å². The van der Waals surface area contributed by atoms with Gasteiger partial charge in [-0.25, -0.2) is 0 Å². The Morgan fingerprint density at radius 2 is 0.643 bits per heavy atom. The van der Waals surface area contributed by atoms with E-state index in [0.29, 0.717) is 0 Å². The van der Waals surface area contributed by atoms with Gasteiger partial charge in [0.15, 0.2) is 0 Å². The van der Waals surface area contributed by atoms with Crippen LogP contribution in [0.5, 0.6) is 0 Å². The fourth-order valence-electron chi connectivity index (χ4n) is 7.37. The van der Waals surface area contributed by atoms with Crippen LogP contribution in [-0.2, 0) is 0 Å². The molecule has 0 radical (unpaired) electrons. The van der Waals surface area contributed by atoms with Gasteiger partial charge in [0.1, 0.15) is 0 Å². The number of benzene rings is 8. The van der Waals surface area contributed by atoms with Crippen LogP contribution in [0.15, 0.2) is 194 Å². The predicted octanol–water partition coefficient (Wildman–Crippen LogP) is 15.0. The Bertz CT molecular complexity index is 2510. The van der Waals surface area contributed by atoms with Crippen molar-refractivity contribution in [3.8, 4) is 0 Å². The van der Waals surface area contributed by atoms with Crippen LogP contribution in [0.4, 0.5) is 0 Å². The average molecular weight is 717 g/mol. The Morgan fingerprint density at radius 1 is 0.304 bits per heavy atom. The molecule has 8 aromatic carbocycles. The third-order valence-electron chi connectivity index (χ3n) is 10.4. The molecule has 0 spiro atoms. The van der Waals surface area contributed by atoms with Crippen molar-refractivity contribution in [2.24, 2.45) is 0 Å². The fourth-order valence-corrected chi connectivity index (χ4v) is 7.37. The summed E-state index contributed by atoms with van der Waals surface area (Å²) in [5.74, 6) is 0. The van der Waals surface area contributed by atoms with Crippen LogP contribution in [0, 0.1) is 13.8 Å². The van der Waals surface area contributed by atoms with Gasteiger partial charge in [0.2, 0.25) is 0 Å². The predicted molar refractivity (Wildman–Crippen MR) is 244 cm³/mol. The molecule has 0 saturated carbocycles. The number of rotatable bonds is 10. The molecule has 0 heteroatoms. The molecule has 0 aliphatic heterocycles. The minimum absolute atomic E-state index is 1.17. The van der Waals surface area contributed by atoms with E-state index in [4.69, 9.17) is 0 Å². The van der Waals surface area contributed by atoms with Crippen molar-refractivity contribution in [1.29, 1.82) is 0 Å². The maximum absolute atomic E-state index is 2.30. The number of aryl methyl sites for hydroxylation is 2. The van der Waals surface area contributed by atoms with Gasteiger partial charge in [0, 0.05) is 0 Å². The van der Waals surface area contributed by atoms with Gasteiger partial charge in [-0.05, 0) is 115 Å². The molecule has 8 rings (SSSR count). The second-order valence-corrected chi connectivity index (χ2v) is 14.3. The second-order valence-electron chi connectivity index (χ2n) is 14.3. The molecule has 0 aliphatic rings. The van der Waals surface area contributed by atoms with Crippen molar-refractivity contribution in [1.82, 2.24) is 0 Å². The van der Waals surface area contributed by atoms with Crippen molar-refractivity contribution in [2.75, 3.05) is 0 Å². The maximum atomic E-state index is 2.30. The van der Waals surface area contributed by atoms with E-state index in [1.54, 1.807) is 0 Å². The summed E-state index contributed by atoms with van der Waals surface area (Å²) in [5, 5.41) is 2.47. The van der Waals surface area contributed by atoms with Gasteiger partial charge in [-0.15, -0.1) is 0 Å². The molecule has 0 aliphatic carbocycles. The highest BCUT2D eigenvalue weighted by molar-refractivity contribution is 5.99. The molecule has 0 saturated heterocycles. The first-order chi connectivity index (χ1) is 27.6. The Morgan fingerprint density at radius 3 is 1.04 bits per heavy atom. The lowest BCUT2D eigenvalue weighted by Gasteiger charge is -2.12. The summed E-state index contributed by atoms with van der Waals surface area (Å²) < 4.78 is 0. The lowest BCUT2D eigenvalue weighted by atomic mass is 9.92. The van der Waals surface area contributed by atoms with Crippen LogP contribution in [0.25, 0.3) is 58.4 Å². The third kappa shape index (κ3) is 8.36. The molecular weight excluding hydrogens is 673 g/mol. The van der Waals surface area contributed by atoms with E-state index >= 15 is 0 Å². The molecule has 56 heavy (non-hydrogen) atoms. The van der Waals surface area contributed by atoms with E-state index in [1.165, 1.54) is 88.7 Å². The van der Waals surface area contributed by atoms with Crippen LogP contribution in [-0.4, -0.2) is 0 Å². The lowest BCUT2D eigenvalue weighted by Crippen LogP contribution is -1.91. The Kier molecular flexibility index (Phi) is 10.9. The minimum atomic E-state index is 1.17. The molecule has 0 bridgehead atoms. The Labute approximate surface area is 331 Å². The summed E-state index contributed by atoms with van der Waals surface area (Å²) in [6, 6.07) is 69.3. The van der Waals surface area contributed by atoms with Gasteiger partial charge < -0.3 is 0 Å². The summed E-state index contributed by atoms with van der Waals surface area (Å²) in [5.41, 5.74) is 17.0. The van der Waals surface area contributed by atoms with Crippen molar-refractivity contribution in [3.63, 3.8) is 0 Å². The summed E-state index contributed by atoms with van der Waals surface area (Å²) in [7, 11) is 0. The smallest absolute Gasteiger partial charge is 0.0103 e. The molecule has 0 N–H and O–H groups in total. The third-order valence-corrected chi connectivity index (χ3v) is 10.4. The normalized spacial score (nSPS) is 12.2. The standard InChI is InChI=1S/C56H44/c1-41-15-9-11-21-51(41)55(47-17-5-3-6-18-47)39-45-29-25-43(26-30-45)33-35-49-37-38-50(54-24-14-13-23-53(49)54)36-34-44-27-31-46(32-28-44)40-56(48-19-7-4-8-20-48)52-22-12-10-16-42(52)2/h3-40H,1-2H3/b35-33-,36-34-,55-39+,56-40+. The van der Waals surface area contributed by atoms with E-state index < -0.39 is 0 Å². The molecule has 0 amide bonds. The molecule has 0 atom stereocenters. The molecule has 8 aromatic rings. The lowest BCUT2D eigenvalue weighted by molar-refractivity contribution is 1.42. The number of hydrogen-bond donors (Lipinski definition) is 0. The Hall–Kier alpha value is -7.02. The van der Waals surface area contributed by atoms with Gasteiger partial charge in [-0.1, -0.05) is 218 Å². The quantitative estimate of drug-likeness (QED) is 0.124. The van der Waals surface area contributed by atoms with E-state index in [-0.39, 0.29) is 0 Å². The highest BCUT2D eigenvalue weighted by Gasteiger charge is 2.10. The fraction of sp³-hybridized carbons (Fsp3) is 0.0357. The molecule has 0 nitrogen and oxygen atoms in total. The topological polar surface area (TPSA) is 0 Å². The van der Waals surface area contributed by atoms with Crippen LogP contribution in [0.3, 0.4) is 0 Å². The highest BCUT2D eigenvalue weighted by Crippen LogP contribution is 2.31. The summed E-state index contributed by atoms with van der Waals surface area (Å²) in [6.07, 6.45) is 13.5. The van der Waals surface area contributed by atoms with E-state index in [1.807, 2.05) is 0 Å². The number of hydrogen-bond acceptors (Lipinski definition) is 0. The van der Waals surface area contributed by atoms with Crippen LogP contribution in [0.1, 0.15) is 66.8 Å². The second kappa shape index (κ2) is 17.0. The van der Waals surface area contributed by atoms with Gasteiger partial charge in [0.25, 0.3) is 0 Å². The van der Waals surface area contributed by atoms with Crippen LogP contribution in [0.2, 0.25) is 0 Å². The molecule has 0 fully saturated rings. The zero-order valence-electron chi connectivity index (χ0n) is 31.9. The van der Waals surface area contributed by atoms with Crippen molar-refractivity contribution >= 4 is 58.4 Å². The maximum Gasteiger partial charge on any atom is -0.0103 e. The van der Waals surface area contributed by atoms with Crippen molar-refractivity contribution in [3.05, 3.63) is 261 Å². The summed E-state index contributed by atoms with van der Waals surface area (Å²) in [6.45, 7) is 4.36. The molecule has 0 heterocycles.